The molecule has 0 saturated heterocycles. The molecule has 0 amide bonds. The fourth-order valence-corrected chi connectivity index (χ4v) is 3.90. The quantitative estimate of drug-likeness (QED) is 0.696. The molecule has 0 bridgehead atoms. The third kappa shape index (κ3) is 3.50. The monoisotopic (exact) mass is 406 g/mol. The topological polar surface area (TPSA) is 89.6 Å². The number of nitrogens with one attached hydrogen (secondary N) is 1. The lowest BCUT2D eigenvalue weighted by molar-refractivity contribution is 0.173. The molecule has 8 heteroatoms. The first-order valence-corrected chi connectivity index (χ1v) is 10.0. The van der Waals surface area contributed by atoms with Gasteiger partial charge in [0.2, 0.25) is 6.79 Å². The Morgan fingerprint density at radius 3 is 2.80 bits per heavy atom. The highest BCUT2D eigenvalue weighted by molar-refractivity contribution is 5.54. The molecule has 2 aliphatic rings. The van der Waals surface area contributed by atoms with Gasteiger partial charge in [-0.2, -0.15) is 0 Å². The summed E-state index contributed by atoms with van der Waals surface area (Å²) in [6.07, 6.45) is 4.04. The molecular weight excluding hydrogens is 384 g/mol. The van der Waals surface area contributed by atoms with Gasteiger partial charge in [-0.3, -0.25) is 14.7 Å². The molecule has 2 aliphatic heterocycles. The summed E-state index contributed by atoms with van der Waals surface area (Å²) in [5.41, 5.74) is 3.39. The average Bonchev–Trinajstić information content (AvgIpc) is 3.22. The van der Waals surface area contributed by atoms with Crippen LogP contribution in [-0.2, 0) is 19.5 Å². The molecule has 3 aromatic rings. The lowest BCUT2D eigenvalue weighted by Crippen LogP contribution is -2.35. The molecule has 30 heavy (non-hydrogen) atoms. The van der Waals surface area contributed by atoms with Gasteiger partial charge >= 0.3 is 0 Å². The average molecular weight is 406 g/mol. The van der Waals surface area contributed by atoms with E-state index in [1.807, 2.05) is 31.2 Å². The van der Waals surface area contributed by atoms with Crippen molar-refractivity contribution in [3.63, 3.8) is 0 Å². The number of rotatable bonds is 5. The second-order valence-corrected chi connectivity index (χ2v) is 7.28. The van der Waals surface area contributed by atoms with E-state index in [0.717, 1.165) is 40.4 Å². The predicted octanol–water partition coefficient (Wildman–Crippen LogP) is 2.52. The van der Waals surface area contributed by atoms with Crippen LogP contribution in [0.2, 0.25) is 0 Å². The molecule has 0 spiro atoms. The second-order valence-electron chi connectivity index (χ2n) is 7.28. The lowest BCUT2D eigenvalue weighted by atomic mass is 10.0. The van der Waals surface area contributed by atoms with Crippen molar-refractivity contribution in [3.05, 3.63) is 63.8 Å². The minimum atomic E-state index is -0.0652. The molecule has 0 fully saturated rings. The Morgan fingerprint density at radius 2 is 2.00 bits per heavy atom. The molecule has 1 N–H and O–H groups in total. The van der Waals surface area contributed by atoms with Crippen LogP contribution in [0, 0.1) is 0 Å². The first-order valence-electron chi connectivity index (χ1n) is 10.0. The van der Waals surface area contributed by atoms with Crippen molar-refractivity contribution in [1.29, 1.82) is 0 Å². The predicted molar refractivity (Wildman–Crippen MR) is 110 cm³/mol. The first kappa shape index (κ1) is 18.6. The fourth-order valence-electron chi connectivity index (χ4n) is 3.90. The number of hydrogen-bond acceptors (Lipinski definition) is 7. The zero-order valence-corrected chi connectivity index (χ0v) is 16.7. The summed E-state index contributed by atoms with van der Waals surface area (Å²) in [6.45, 7) is 4.80. The minimum absolute atomic E-state index is 0.0652. The van der Waals surface area contributed by atoms with Crippen LogP contribution in [0.5, 0.6) is 17.2 Å². The standard InChI is InChI=1S/C22H22N4O4/c1-2-28-18-10-20-19(29-13-30-20)9-15(18)11-26-8-5-16-17(12-26)24-21(25-22(16)27)14-3-6-23-7-4-14/h3-4,6-7,9-10H,2,5,8,11-13H2,1H3,(H,24,25,27). The molecule has 4 heterocycles. The number of aromatic amines is 1. The van der Waals surface area contributed by atoms with Crippen molar-refractivity contribution >= 4 is 0 Å². The number of ether oxygens (including phenoxy) is 3. The van der Waals surface area contributed by atoms with Crippen LogP contribution in [-0.4, -0.2) is 39.8 Å². The molecule has 0 atom stereocenters. The summed E-state index contributed by atoms with van der Waals surface area (Å²) < 4.78 is 16.8. The Bertz CT molecular complexity index is 1130. The summed E-state index contributed by atoms with van der Waals surface area (Å²) in [5.74, 6) is 2.81. The van der Waals surface area contributed by atoms with Gasteiger partial charge in [-0.05, 0) is 31.5 Å². The largest absolute Gasteiger partial charge is 0.493 e. The third-order valence-corrected chi connectivity index (χ3v) is 5.36. The number of nitrogens with zero attached hydrogens (tertiary/aromatic N) is 3. The maximum atomic E-state index is 12.6. The van der Waals surface area contributed by atoms with Crippen LogP contribution in [0.4, 0.5) is 0 Å². The SMILES string of the molecule is CCOc1cc2c(cc1CN1CCc3c(nc(-c4ccncc4)[nH]c3=O)C1)OCO2. The van der Waals surface area contributed by atoms with E-state index in [1.54, 1.807) is 12.4 Å². The van der Waals surface area contributed by atoms with Gasteiger partial charge in [0, 0.05) is 54.8 Å². The van der Waals surface area contributed by atoms with Gasteiger partial charge in [-0.1, -0.05) is 0 Å². The van der Waals surface area contributed by atoms with Crippen molar-refractivity contribution < 1.29 is 14.2 Å². The Balaban J connectivity index is 1.42. The van der Waals surface area contributed by atoms with Crippen LogP contribution in [0.25, 0.3) is 11.4 Å². The Morgan fingerprint density at radius 1 is 1.20 bits per heavy atom. The zero-order valence-electron chi connectivity index (χ0n) is 16.7. The van der Waals surface area contributed by atoms with E-state index in [0.29, 0.717) is 37.7 Å². The summed E-state index contributed by atoms with van der Waals surface area (Å²) in [6, 6.07) is 7.55. The first-order chi connectivity index (χ1) is 14.7. The van der Waals surface area contributed by atoms with Gasteiger partial charge in [-0.25, -0.2) is 4.98 Å². The van der Waals surface area contributed by atoms with E-state index < -0.39 is 0 Å². The molecule has 5 rings (SSSR count). The Labute approximate surface area is 173 Å². The van der Waals surface area contributed by atoms with Crippen LogP contribution in [0.3, 0.4) is 0 Å². The number of hydrogen-bond donors (Lipinski definition) is 1. The van der Waals surface area contributed by atoms with Gasteiger partial charge in [-0.15, -0.1) is 0 Å². The van der Waals surface area contributed by atoms with Gasteiger partial charge in [0.15, 0.2) is 11.5 Å². The summed E-state index contributed by atoms with van der Waals surface area (Å²) in [4.78, 5) is 26.6. The van der Waals surface area contributed by atoms with Crippen LogP contribution in [0.15, 0.2) is 41.5 Å². The molecule has 0 radical (unpaired) electrons. The van der Waals surface area contributed by atoms with Gasteiger partial charge < -0.3 is 19.2 Å². The summed E-state index contributed by atoms with van der Waals surface area (Å²) in [7, 11) is 0. The molecule has 2 aromatic heterocycles. The van der Waals surface area contributed by atoms with Crippen molar-refractivity contribution in [3.8, 4) is 28.6 Å². The maximum absolute atomic E-state index is 12.6. The van der Waals surface area contributed by atoms with Crippen molar-refractivity contribution in [2.24, 2.45) is 0 Å². The lowest BCUT2D eigenvalue weighted by Gasteiger charge is -2.28. The number of fused-ring (bicyclic) bond motifs is 2. The number of H-pyrrole nitrogens is 1. The second kappa shape index (κ2) is 7.79. The van der Waals surface area contributed by atoms with Crippen molar-refractivity contribution in [1.82, 2.24) is 19.9 Å². The molecule has 154 valence electrons. The van der Waals surface area contributed by atoms with E-state index in [4.69, 9.17) is 19.2 Å². The van der Waals surface area contributed by atoms with Crippen LogP contribution < -0.4 is 19.8 Å². The van der Waals surface area contributed by atoms with Gasteiger partial charge in [0.1, 0.15) is 11.6 Å². The highest BCUT2D eigenvalue weighted by Gasteiger charge is 2.24. The summed E-state index contributed by atoms with van der Waals surface area (Å²) >= 11 is 0. The zero-order chi connectivity index (χ0) is 20.5. The maximum Gasteiger partial charge on any atom is 0.254 e. The molecular formula is C22H22N4O4. The molecule has 0 saturated carbocycles. The molecule has 8 nitrogen and oxygen atoms in total. The molecule has 0 aliphatic carbocycles. The number of benzene rings is 1. The van der Waals surface area contributed by atoms with Crippen LogP contribution >= 0.6 is 0 Å². The highest BCUT2D eigenvalue weighted by atomic mass is 16.7. The van der Waals surface area contributed by atoms with E-state index in [9.17, 15) is 4.79 Å². The Hall–Kier alpha value is -3.39. The third-order valence-electron chi connectivity index (χ3n) is 5.36. The highest BCUT2D eigenvalue weighted by Crippen LogP contribution is 2.39. The smallest absolute Gasteiger partial charge is 0.254 e. The van der Waals surface area contributed by atoms with Gasteiger partial charge in [0.05, 0.1) is 12.3 Å². The van der Waals surface area contributed by atoms with E-state index in [-0.39, 0.29) is 12.4 Å². The minimum Gasteiger partial charge on any atom is -0.493 e. The van der Waals surface area contributed by atoms with E-state index >= 15 is 0 Å². The van der Waals surface area contributed by atoms with E-state index in [2.05, 4.69) is 14.9 Å². The number of pyridine rings is 1. The van der Waals surface area contributed by atoms with Gasteiger partial charge in [0.25, 0.3) is 5.56 Å². The Kier molecular flexibility index (Phi) is 4.84. The molecule has 1 aromatic carbocycles. The number of aromatic nitrogens is 3. The summed E-state index contributed by atoms with van der Waals surface area (Å²) in [5, 5.41) is 0. The molecule has 0 unspecified atom stereocenters. The van der Waals surface area contributed by atoms with Crippen molar-refractivity contribution in [2.75, 3.05) is 19.9 Å². The van der Waals surface area contributed by atoms with Crippen LogP contribution in [0.1, 0.15) is 23.7 Å². The fraction of sp³-hybridized carbons (Fsp3) is 0.318. The normalized spacial score (nSPS) is 15.1. The van der Waals surface area contributed by atoms with E-state index in [1.165, 1.54) is 0 Å². The van der Waals surface area contributed by atoms with Crippen molar-refractivity contribution in [2.45, 2.75) is 26.4 Å².